The quantitative estimate of drug-likeness (QED) is 0.585. The summed E-state index contributed by atoms with van der Waals surface area (Å²) < 4.78 is 0. The first kappa shape index (κ1) is 14.5. The summed E-state index contributed by atoms with van der Waals surface area (Å²) in [6.45, 7) is 6.85. The standard InChI is InChI=1S/C16H29N/c1-4-15(5-2)11-13-17(3)14-12-16-9-7-6-8-10-16/h4,9H,5-8,10-14H2,1-3H3. The molecule has 1 aliphatic carbocycles. The maximum Gasteiger partial charge on any atom is 0.00156 e. The van der Waals surface area contributed by atoms with E-state index < -0.39 is 0 Å². The minimum atomic E-state index is 1.20. The van der Waals surface area contributed by atoms with Gasteiger partial charge in [-0.3, -0.25) is 0 Å². The smallest absolute Gasteiger partial charge is 0.00156 e. The average Bonchev–Trinajstić information content (AvgIpc) is 2.39. The highest BCUT2D eigenvalue weighted by molar-refractivity contribution is 5.05. The molecule has 0 aliphatic heterocycles. The van der Waals surface area contributed by atoms with Crippen molar-refractivity contribution in [1.29, 1.82) is 0 Å². The fourth-order valence-electron chi connectivity index (χ4n) is 2.44. The molecular formula is C16H29N. The van der Waals surface area contributed by atoms with E-state index in [4.69, 9.17) is 0 Å². The summed E-state index contributed by atoms with van der Waals surface area (Å²) in [5.74, 6) is 0. The van der Waals surface area contributed by atoms with Crippen molar-refractivity contribution < 1.29 is 0 Å². The van der Waals surface area contributed by atoms with Gasteiger partial charge in [-0.05, 0) is 58.9 Å². The fraction of sp³-hybridized carbons (Fsp3) is 0.750. The summed E-state index contributed by atoms with van der Waals surface area (Å²) in [7, 11) is 2.26. The largest absolute Gasteiger partial charge is 0.306 e. The van der Waals surface area contributed by atoms with E-state index in [1.54, 1.807) is 11.1 Å². The summed E-state index contributed by atoms with van der Waals surface area (Å²) in [5.41, 5.74) is 3.29. The van der Waals surface area contributed by atoms with Gasteiger partial charge in [-0.25, -0.2) is 0 Å². The molecular weight excluding hydrogens is 206 g/mol. The number of hydrogen-bond donors (Lipinski definition) is 0. The lowest BCUT2D eigenvalue weighted by atomic mass is 9.97. The minimum absolute atomic E-state index is 1.20. The Kier molecular flexibility index (Phi) is 7.27. The van der Waals surface area contributed by atoms with Gasteiger partial charge >= 0.3 is 0 Å². The minimum Gasteiger partial charge on any atom is -0.306 e. The van der Waals surface area contributed by atoms with Crippen LogP contribution < -0.4 is 0 Å². The first-order valence-electron chi connectivity index (χ1n) is 7.26. The van der Waals surface area contributed by atoms with Crippen molar-refractivity contribution in [2.24, 2.45) is 0 Å². The van der Waals surface area contributed by atoms with E-state index in [0.717, 1.165) is 0 Å². The Bertz CT molecular complexity index is 263. The van der Waals surface area contributed by atoms with Crippen LogP contribution in [0.3, 0.4) is 0 Å². The van der Waals surface area contributed by atoms with Crippen LogP contribution in [0.5, 0.6) is 0 Å². The topological polar surface area (TPSA) is 3.24 Å². The van der Waals surface area contributed by atoms with Crippen LogP contribution in [-0.2, 0) is 0 Å². The zero-order chi connectivity index (χ0) is 12.5. The Morgan fingerprint density at radius 2 is 2.18 bits per heavy atom. The molecule has 1 heteroatoms. The Labute approximate surface area is 108 Å². The first-order chi connectivity index (χ1) is 8.26. The van der Waals surface area contributed by atoms with Crippen molar-refractivity contribution in [2.45, 2.75) is 58.8 Å². The van der Waals surface area contributed by atoms with Gasteiger partial charge in [0.25, 0.3) is 0 Å². The fourth-order valence-corrected chi connectivity index (χ4v) is 2.44. The van der Waals surface area contributed by atoms with E-state index in [1.807, 2.05) is 0 Å². The third kappa shape index (κ3) is 6.07. The summed E-state index contributed by atoms with van der Waals surface area (Å²) in [6, 6.07) is 0. The average molecular weight is 235 g/mol. The molecule has 1 aliphatic rings. The van der Waals surface area contributed by atoms with Gasteiger partial charge in [0.15, 0.2) is 0 Å². The lowest BCUT2D eigenvalue weighted by molar-refractivity contribution is 0.339. The van der Waals surface area contributed by atoms with Crippen LogP contribution in [-0.4, -0.2) is 25.0 Å². The third-order valence-electron chi connectivity index (χ3n) is 3.88. The summed E-state index contributed by atoms with van der Waals surface area (Å²) in [4.78, 5) is 2.48. The van der Waals surface area contributed by atoms with E-state index in [9.17, 15) is 0 Å². The summed E-state index contributed by atoms with van der Waals surface area (Å²) in [6.07, 6.45) is 14.0. The molecule has 0 radical (unpaired) electrons. The molecule has 0 N–H and O–H groups in total. The molecule has 0 spiro atoms. The second kappa shape index (κ2) is 8.52. The van der Waals surface area contributed by atoms with Crippen LogP contribution in [0.2, 0.25) is 0 Å². The zero-order valence-corrected chi connectivity index (χ0v) is 12.0. The zero-order valence-electron chi connectivity index (χ0n) is 12.0. The van der Waals surface area contributed by atoms with Crippen molar-refractivity contribution in [1.82, 2.24) is 4.90 Å². The van der Waals surface area contributed by atoms with Gasteiger partial charge in [-0.15, -0.1) is 0 Å². The highest BCUT2D eigenvalue weighted by atomic mass is 15.1. The van der Waals surface area contributed by atoms with Crippen LogP contribution >= 0.6 is 0 Å². The molecule has 0 saturated heterocycles. The molecule has 98 valence electrons. The van der Waals surface area contributed by atoms with Crippen LogP contribution in [0.25, 0.3) is 0 Å². The molecule has 0 aromatic heterocycles. The maximum atomic E-state index is 2.48. The van der Waals surface area contributed by atoms with Gasteiger partial charge < -0.3 is 4.90 Å². The normalized spacial score (nSPS) is 17.4. The van der Waals surface area contributed by atoms with Crippen molar-refractivity contribution >= 4 is 0 Å². The van der Waals surface area contributed by atoms with Crippen LogP contribution in [0.4, 0.5) is 0 Å². The predicted molar refractivity (Wildman–Crippen MR) is 77.3 cm³/mol. The van der Waals surface area contributed by atoms with Crippen molar-refractivity contribution in [2.75, 3.05) is 20.1 Å². The molecule has 1 nitrogen and oxygen atoms in total. The molecule has 0 atom stereocenters. The van der Waals surface area contributed by atoms with Gasteiger partial charge in [0.1, 0.15) is 0 Å². The van der Waals surface area contributed by atoms with E-state index in [-0.39, 0.29) is 0 Å². The molecule has 0 bridgehead atoms. The number of allylic oxidation sites excluding steroid dienone is 2. The molecule has 1 rings (SSSR count). The highest BCUT2D eigenvalue weighted by Crippen LogP contribution is 2.20. The Morgan fingerprint density at radius 1 is 1.35 bits per heavy atom. The third-order valence-corrected chi connectivity index (χ3v) is 3.88. The monoisotopic (exact) mass is 235 g/mol. The van der Waals surface area contributed by atoms with Crippen LogP contribution in [0.1, 0.15) is 58.8 Å². The molecule has 0 saturated carbocycles. The second-order valence-electron chi connectivity index (χ2n) is 5.21. The van der Waals surface area contributed by atoms with Gasteiger partial charge in [0, 0.05) is 13.1 Å². The Morgan fingerprint density at radius 3 is 2.76 bits per heavy atom. The molecule has 17 heavy (non-hydrogen) atoms. The van der Waals surface area contributed by atoms with Crippen LogP contribution in [0, 0.1) is 0 Å². The highest BCUT2D eigenvalue weighted by Gasteiger charge is 2.05. The lowest BCUT2D eigenvalue weighted by Gasteiger charge is -2.19. The Hall–Kier alpha value is -0.560. The van der Waals surface area contributed by atoms with Crippen molar-refractivity contribution in [3.05, 3.63) is 23.3 Å². The number of rotatable bonds is 7. The number of hydrogen-bond acceptors (Lipinski definition) is 1. The predicted octanol–water partition coefficient (Wildman–Crippen LogP) is 4.56. The first-order valence-corrected chi connectivity index (χ1v) is 7.26. The molecule has 0 aromatic carbocycles. The summed E-state index contributed by atoms with van der Waals surface area (Å²) >= 11 is 0. The van der Waals surface area contributed by atoms with Crippen LogP contribution in [0.15, 0.2) is 23.3 Å². The van der Waals surface area contributed by atoms with E-state index in [2.05, 4.69) is 37.9 Å². The maximum absolute atomic E-state index is 2.48. The number of nitrogens with zero attached hydrogens (tertiary/aromatic N) is 1. The lowest BCUT2D eigenvalue weighted by Crippen LogP contribution is -2.21. The molecule has 0 heterocycles. The van der Waals surface area contributed by atoms with E-state index >= 15 is 0 Å². The SMILES string of the molecule is CC=C(CC)CCN(C)CCC1=CCCCC1. The summed E-state index contributed by atoms with van der Waals surface area (Å²) in [5, 5.41) is 0. The molecule has 0 fully saturated rings. The van der Waals surface area contributed by atoms with Crippen molar-refractivity contribution in [3.63, 3.8) is 0 Å². The molecule has 0 unspecified atom stereocenters. The van der Waals surface area contributed by atoms with E-state index in [1.165, 1.54) is 58.0 Å². The second-order valence-corrected chi connectivity index (χ2v) is 5.21. The van der Waals surface area contributed by atoms with Gasteiger partial charge in [0.05, 0.1) is 0 Å². The molecule has 0 aromatic rings. The van der Waals surface area contributed by atoms with Crippen molar-refractivity contribution in [3.8, 4) is 0 Å². The van der Waals surface area contributed by atoms with Gasteiger partial charge in [-0.2, -0.15) is 0 Å². The Balaban J connectivity index is 2.16. The van der Waals surface area contributed by atoms with Gasteiger partial charge in [-0.1, -0.05) is 30.2 Å². The van der Waals surface area contributed by atoms with E-state index in [0.29, 0.717) is 0 Å². The van der Waals surface area contributed by atoms with Gasteiger partial charge in [0.2, 0.25) is 0 Å². The molecule has 0 amide bonds.